The predicted molar refractivity (Wildman–Crippen MR) is 135 cm³/mol. The molecular weight excluding hydrogens is 471 g/mol. The van der Waals surface area contributed by atoms with Gasteiger partial charge in [-0.25, -0.2) is 4.39 Å². The highest BCUT2D eigenvalue weighted by molar-refractivity contribution is 7.80. The van der Waals surface area contributed by atoms with Gasteiger partial charge in [0.2, 0.25) is 5.91 Å². The molecule has 186 valence electrons. The van der Waals surface area contributed by atoms with Gasteiger partial charge in [-0.1, -0.05) is 0 Å². The largest absolute Gasteiger partial charge is 0.494 e. The van der Waals surface area contributed by atoms with E-state index in [2.05, 4.69) is 10.2 Å². The molecule has 1 N–H and O–H groups in total. The Hall–Kier alpha value is -3.08. The van der Waals surface area contributed by atoms with Crippen LogP contribution in [-0.4, -0.2) is 78.8 Å². The Morgan fingerprint density at radius 1 is 1.11 bits per heavy atom. The summed E-state index contributed by atoms with van der Waals surface area (Å²) in [5.41, 5.74) is 1.09. The molecule has 8 nitrogen and oxygen atoms in total. The first kappa shape index (κ1) is 25.0. The van der Waals surface area contributed by atoms with Gasteiger partial charge in [0.25, 0.3) is 5.91 Å². The van der Waals surface area contributed by atoms with Crippen LogP contribution < -0.4 is 15.0 Å². The summed E-state index contributed by atoms with van der Waals surface area (Å²) in [5.74, 6) is -0.286. The number of ether oxygens (including phenoxy) is 2. The van der Waals surface area contributed by atoms with Gasteiger partial charge >= 0.3 is 0 Å². The van der Waals surface area contributed by atoms with E-state index in [9.17, 15) is 14.0 Å². The molecule has 0 spiro atoms. The Morgan fingerprint density at radius 2 is 1.80 bits per heavy atom. The highest BCUT2D eigenvalue weighted by atomic mass is 32.1. The fourth-order valence-corrected chi connectivity index (χ4v) is 4.59. The summed E-state index contributed by atoms with van der Waals surface area (Å²) in [6.07, 6.45) is -0.0625. The van der Waals surface area contributed by atoms with E-state index in [0.717, 1.165) is 13.1 Å². The molecule has 2 aromatic rings. The molecule has 0 aromatic heterocycles. The number of anilines is 2. The number of carbonyl (C=O) groups excluding carboxylic acids is 2. The number of hydrogen-bond donors (Lipinski definition) is 1. The fourth-order valence-electron chi connectivity index (χ4n) is 4.18. The van der Waals surface area contributed by atoms with Gasteiger partial charge in [0.05, 0.1) is 31.9 Å². The highest BCUT2D eigenvalue weighted by Crippen LogP contribution is 2.28. The van der Waals surface area contributed by atoms with Crippen LogP contribution in [0.3, 0.4) is 0 Å². The number of halogens is 1. The molecule has 2 fully saturated rings. The lowest BCUT2D eigenvalue weighted by Gasteiger charge is -2.30. The SMILES string of the molecule is CCOc1ccc(NC(=O)C[C@H]2C(=O)N(c3ccc(F)cc3)C(=S)N2CCN2CCOCC2)cc1. The number of nitrogens with one attached hydrogen (secondary N) is 1. The van der Waals surface area contributed by atoms with Crippen LogP contribution >= 0.6 is 12.2 Å². The van der Waals surface area contributed by atoms with E-state index in [4.69, 9.17) is 21.7 Å². The van der Waals surface area contributed by atoms with Crippen molar-refractivity contribution in [1.82, 2.24) is 9.80 Å². The zero-order valence-electron chi connectivity index (χ0n) is 19.6. The monoisotopic (exact) mass is 500 g/mol. The van der Waals surface area contributed by atoms with Gasteiger partial charge < -0.3 is 19.7 Å². The van der Waals surface area contributed by atoms with Crippen molar-refractivity contribution in [3.63, 3.8) is 0 Å². The van der Waals surface area contributed by atoms with Gasteiger partial charge in [-0.3, -0.25) is 19.4 Å². The van der Waals surface area contributed by atoms with E-state index in [1.807, 2.05) is 6.92 Å². The minimum atomic E-state index is -0.753. The van der Waals surface area contributed by atoms with Crippen LogP contribution in [0.25, 0.3) is 0 Å². The Bertz CT molecular complexity index is 1040. The molecule has 0 unspecified atom stereocenters. The first-order valence-electron chi connectivity index (χ1n) is 11.7. The van der Waals surface area contributed by atoms with Crippen molar-refractivity contribution < 1.29 is 23.5 Å². The topological polar surface area (TPSA) is 74.4 Å². The average molecular weight is 501 g/mol. The van der Waals surface area contributed by atoms with E-state index < -0.39 is 11.9 Å². The number of thiocarbonyl (C=S) groups is 1. The van der Waals surface area contributed by atoms with Crippen molar-refractivity contribution in [2.45, 2.75) is 19.4 Å². The second-order valence-corrected chi connectivity index (χ2v) is 8.67. The molecule has 2 amide bonds. The summed E-state index contributed by atoms with van der Waals surface area (Å²) < 4.78 is 24.3. The standard InChI is InChI=1S/C25H29FN4O4S/c1-2-34-21-9-5-19(6-10-21)27-23(31)17-22-24(32)30(20-7-3-18(26)4-8-20)25(35)29(22)12-11-28-13-15-33-16-14-28/h3-10,22H,2,11-17H2,1H3,(H,27,31)/t22-/m0/s1. The lowest BCUT2D eigenvalue weighted by atomic mass is 10.1. The normalized spacial score (nSPS) is 18.7. The van der Waals surface area contributed by atoms with Crippen molar-refractivity contribution in [3.8, 4) is 5.75 Å². The molecule has 2 aliphatic heterocycles. The van der Waals surface area contributed by atoms with E-state index in [-0.39, 0.29) is 18.2 Å². The van der Waals surface area contributed by atoms with E-state index in [1.165, 1.54) is 29.2 Å². The zero-order chi connectivity index (χ0) is 24.8. The first-order chi connectivity index (χ1) is 17.0. The molecule has 2 heterocycles. The lowest BCUT2D eigenvalue weighted by molar-refractivity contribution is -0.124. The summed E-state index contributed by atoms with van der Waals surface area (Å²) >= 11 is 5.67. The second kappa shape index (κ2) is 11.6. The Balaban J connectivity index is 1.48. The quantitative estimate of drug-likeness (QED) is 0.531. The molecule has 10 heteroatoms. The van der Waals surface area contributed by atoms with E-state index in [0.29, 0.717) is 55.1 Å². The zero-order valence-corrected chi connectivity index (χ0v) is 20.4. The molecule has 35 heavy (non-hydrogen) atoms. The molecule has 2 aromatic carbocycles. The van der Waals surface area contributed by atoms with Crippen molar-refractivity contribution in [3.05, 3.63) is 54.3 Å². The summed E-state index contributed by atoms with van der Waals surface area (Å²) in [5, 5.41) is 3.16. The Kier molecular flexibility index (Phi) is 8.27. The third-order valence-electron chi connectivity index (χ3n) is 5.99. The Labute approximate surface area is 209 Å². The Morgan fingerprint density at radius 3 is 2.46 bits per heavy atom. The van der Waals surface area contributed by atoms with Gasteiger partial charge in [-0.15, -0.1) is 0 Å². The van der Waals surface area contributed by atoms with Gasteiger partial charge in [0.15, 0.2) is 5.11 Å². The molecule has 2 aliphatic rings. The van der Waals surface area contributed by atoms with Crippen LogP contribution in [0.1, 0.15) is 13.3 Å². The van der Waals surface area contributed by atoms with E-state index in [1.54, 1.807) is 29.2 Å². The van der Waals surface area contributed by atoms with Crippen LogP contribution in [0.4, 0.5) is 15.8 Å². The summed E-state index contributed by atoms with van der Waals surface area (Å²) in [6, 6.07) is 11.9. The van der Waals surface area contributed by atoms with Crippen LogP contribution in [0.15, 0.2) is 48.5 Å². The van der Waals surface area contributed by atoms with Crippen LogP contribution in [-0.2, 0) is 14.3 Å². The maximum Gasteiger partial charge on any atom is 0.256 e. The summed E-state index contributed by atoms with van der Waals surface area (Å²) in [4.78, 5) is 31.8. The number of amides is 2. The van der Waals surface area contributed by atoms with Crippen molar-refractivity contribution in [1.29, 1.82) is 0 Å². The van der Waals surface area contributed by atoms with Crippen molar-refractivity contribution in [2.75, 3.05) is 56.2 Å². The number of hydrogen-bond acceptors (Lipinski definition) is 6. The molecule has 2 saturated heterocycles. The third kappa shape index (κ3) is 6.14. The third-order valence-corrected chi connectivity index (χ3v) is 6.41. The predicted octanol–water partition coefficient (Wildman–Crippen LogP) is 2.89. The van der Waals surface area contributed by atoms with Crippen molar-refractivity contribution >= 4 is 40.5 Å². The summed E-state index contributed by atoms with van der Waals surface area (Å²) in [6.45, 7) is 6.57. The number of benzene rings is 2. The van der Waals surface area contributed by atoms with Gasteiger partial charge in [0, 0.05) is 31.9 Å². The molecule has 0 bridgehead atoms. The van der Waals surface area contributed by atoms with Crippen LogP contribution in [0.2, 0.25) is 0 Å². The van der Waals surface area contributed by atoms with Crippen LogP contribution in [0.5, 0.6) is 5.75 Å². The smallest absolute Gasteiger partial charge is 0.256 e. The number of carbonyl (C=O) groups is 2. The molecule has 1 atom stereocenters. The van der Waals surface area contributed by atoms with E-state index >= 15 is 0 Å². The second-order valence-electron chi connectivity index (χ2n) is 8.31. The fraction of sp³-hybridized carbons (Fsp3) is 0.400. The molecule has 4 rings (SSSR count). The minimum absolute atomic E-state index is 0.0625. The summed E-state index contributed by atoms with van der Waals surface area (Å²) in [7, 11) is 0. The average Bonchev–Trinajstić information content (AvgIpc) is 3.09. The number of rotatable bonds is 9. The first-order valence-corrected chi connectivity index (χ1v) is 12.1. The van der Waals surface area contributed by atoms with Crippen LogP contribution in [0, 0.1) is 5.82 Å². The molecule has 0 radical (unpaired) electrons. The lowest BCUT2D eigenvalue weighted by Crippen LogP contribution is -2.45. The van der Waals surface area contributed by atoms with Crippen molar-refractivity contribution in [2.24, 2.45) is 0 Å². The molecule has 0 aliphatic carbocycles. The van der Waals surface area contributed by atoms with Gasteiger partial charge in [0.1, 0.15) is 17.6 Å². The number of nitrogens with zero attached hydrogens (tertiary/aromatic N) is 3. The highest BCUT2D eigenvalue weighted by Gasteiger charge is 2.44. The van der Waals surface area contributed by atoms with Gasteiger partial charge in [-0.05, 0) is 67.7 Å². The minimum Gasteiger partial charge on any atom is -0.494 e. The molecular formula is C25H29FN4O4S. The maximum atomic E-state index is 13.5. The maximum absolute atomic E-state index is 13.5. The number of morpholine rings is 1. The van der Waals surface area contributed by atoms with Gasteiger partial charge in [-0.2, -0.15) is 0 Å². The molecule has 0 saturated carbocycles.